The maximum atomic E-state index is 12.7. The van der Waals surface area contributed by atoms with Crippen LogP contribution in [0, 0.1) is 5.92 Å². The zero-order chi connectivity index (χ0) is 18.2. The van der Waals surface area contributed by atoms with Gasteiger partial charge in [0.1, 0.15) is 25.0 Å². The minimum atomic E-state index is 0.283. The maximum absolute atomic E-state index is 12.7. The fraction of sp³-hybridized carbons (Fsp3) is 0.737. The molecule has 1 aliphatic heterocycles. The third-order valence-corrected chi connectivity index (χ3v) is 6.35. The molecule has 2 aromatic heterocycles. The van der Waals surface area contributed by atoms with E-state index in [2.05, 4.69) is 29.7 Å². The maximum Gasteiger partial charge on any atom is 0.225 e. The van der Waals surface area contributed by atoms with Crippen LogP contribution in [0.1, 0.15) is 75.0 Å². The van der Waals surface area contributed by atoms with Crippen molar-refractivity contribution in [2.24, 2.45) is 5.92 Å². The summed E-state index contributed by atoms with van der Waals surface area (Å²) in [5.74, 6) is 3.16. The van der Waals surface area contributed by atoms with Gasteiger partial charge in [-0.05, 0) is 38.5 Å². The lowest BCUT2D eigenvalue weighted by molar-refractivity contribution is -0.136. The quantitative estimate of drug-likeness (QED) is 0.806. The fourth-order valence-electron chi connectivity index (χ4n) is 4.70. The van der Waals surface area contributed by atoms with Crippen LogP contribution in [0.25, 0.3) is 0 Å². The van der Waals surface area contributed by atoms with Crippen molar-refractivity contribution in [2.45, 2.75) is 69.9 Å². The average molecular weight is 369 g/mol. The van der Waals surface area contributed by atoms with E-state index in [9.17, 15) is 4.79 Å². The molecule has 1 amide bonds. The second-order valence-electron chi connectivity index (χ2n) is 8.25. The molecular formula is C19H27N7O. The summed E-state index contributed by atoms with van der Waals surface area (Å²) < 4.78 is 4.15. The summed E-state index contributed by atoms with van der Waals surface area (Å²) in [6.45, 7) is 2.33. The van der Waals surface area contributed by atoms with Gasteiger partial charge in [0, 0.05) is 31.0 Å². The summed E-state index contributed by atoms with van der Waals surface area (Å²) in [5.41, 5.74) is 0. The molecule has 0 unspecified atom stereocenters. The van der Waals surface area contributed by atoms with Crippen LogP contribution >= 0.6 is 0 Å². The number of carbonyl (C=O) groups excluding carboxylic acids is 1. The molecule has 0 atom stereocenters. The Morgan fingerprint density at radius 2 is 1.81 bits per heavy atom. The van der Waals surface area contributed by atoms with Gasteiger partial charge in [0.05, 0.1) is 0 Å². The van der Waals surface area contributed by atoms with Crippen LogP contribution < -0.4 is 0 Å². The van der Waals surface area contributed by atoms with E-state index >= 15 is 0 Å². The van der Waals surface area contributed by atoms with Gasteiger partial charge in [-0.2, -0.15) is 5.10 Å². The highest BCUT2D eigenvalue weighted by Crippen LogP contribution is 2.40. The van der Waals surface area contributed by atoms with E-state index in [-0.39, 0.29) is 5.92 Å². The number of nitrogens with zero attached hydrogens (tertiary/aromatic N) is 7. The Hall–Kier alpha value is -2.25. The van der Waals surface area contributed by atoms with Crippen LogP contribution in [0.2, 0.25) is 0 Å². The molecule has 27 heavy (non-hydrogen) atoms. The van der Waals surface area contributed by atoms with Gasteiger partial charge in [-0.25, -0.2) is 9.67 Å². The summed E-state index contributed by atoms with van der Waals surface area (Å²) >= 11 is 0. The molecule has 0 radical (unpaired) electrons. The van der Waals surface area contributed by atoms with Gasteiger partial charge in [0.25, 0.3) is 0 Å². The summed E-state index contributed by atoms with van der Waals surface area (Å²) in [7, 11) is 0. The van der Waals surface area contributed by atoms with Crippen molar-refractivity contribution in [1.82, 2.24) is 34.4 Å². The monoisotopic (exact) mass is 369 g/mol. The molecular weight excluding hydrogens is 342 g/mol. The molecule has 2 aromatic rings. The average Bonchev–Trinajstić information content (AvgIpc) is 3.12. The molecule has 5 rings (SSSR count). The standard InChI is InChI=1S/C19H27N7O/c27-19(15-3-1-2-4-15)24-9-7-14(8-10-24)18-23-22-17(26(18)16-5-6-16)11-25-13-20-12-21-25/h12-16H,1-11H2. The summed E-state index contributed by atoms with van der Waals surface area (Å²) in [6.07, 6.45) is 12.3. The second kappa shape index (κ2) is 7.05. The van der Waals surface area contributed by atoms with Gasteiger partial charge in [-0.15, -0.1) is 10.2 Å². The lowest BCUT2D eigenvalue weighted by Crippen LogP contribution is -2.41. The number of hydrogen-bond donors (Lipinski definition) is 0. The number of piperidine rings is 1. The third kappa shape index (κ3) is 3.37. The van der Waals surface area contributed by atoms with E-state index in [1.54, 1.807) is 17.3 Å². The number of rotatable bonds is 5. The van der Waals surface area contributed by atoms with Crippen LogP contribution in [0.5, 0.6) is 0 Å². The minimum absolute atomic E-state index is 0.283. The fourth-order valence-corrected chi connectivity index (χ4v) is 4.70. The van der Waals surface area contributed by atoms with Gasteiger partial charge in [-0.3, -0.25) is 4.79 Å². The zero-order valence-electron chi connectivity index (χ0n) is 15.7. The first-order chi connectivity index (χ1) is 13.3. The highest BCUT2D eigenvalue weighted by molar-refractivity contribution is 5.79. The normalized spacial score (nSPS) is 21.9. The highest BCUT2D eigenvalue weighted by atomic mass is 16.2. The Morgan fingerprint density at radius 1 is 1.04 bits per heavy atom. The number of carbonyl (C=O) groups is 1. The van der Waals surface area contributed by atoms with E-state index in [0.717, 1.165) is 50.4 Å². The van der Waals surface area contributed by atoms with E-state index in [1.165, 1.54) is 25.7 Å². The van der Waals surface area contributed by atoms with Crippen LogP contribution in [0.4, 0.5) is 0 Å². The molecule has 2 aliphatic carbocycles. The molecule has 144 valence electrons. The van der Waals surface area contributed by atoms with Gasteiger partial charge in [0.15, 0.2) is 5.82 Å². The molecule has 0 spiro atoms. The van der Waals surface area contributed by atoms with Crippen LogP contribution in [0.3, 0.4) is 0 Å². The Kier molecular flexibility index (Phi) is 4.41. The molecule has 8 heteroatoms. The number of aromatic nitrogens is 6. The molecule has 3 aliphatic rings. The lowest BCUT2D eigenvalue weighted by Gasteiger charge is -2.33. The van der Waals surface area contributed by atoms with Crippen molar-refractivity contribution < 1.29 is 4.79 Å². The third-order valence-electron chi connectivity index (χ3n) is 6.35. The Balaban J connectivity index is 1.28. The SMILES string of the molecule is O=C(C1CCCC1)N1CCC(c2nnc(Cn3cncn3)n2C2CC2)CC1. The largest absolute Gasteiger partial charge is 0.342 e. The first-order valence-corrected chi connectivity index (χ1v) is 10.3. The number of hydrogen-bond acceptors (Lipinski definition) is 5. The topological polar surface area (TPSA) is 81.7 Å². The summed E-state index contributed by atoms with van der Waals surface area (Å²) in [6, 6.07) is 0.534. The van der Waals surface area contributed by atoms with E-state index in [4.69, 9.17) is 0 Å². The first kappa shape index (κ1) is 16.9. The van der Waals surface area contributed by atoms with Gasteiger partial charge >= 0.3 is 0 Å². The van der Waals surface area contributed by atoms with Gasteiger partial charge in [0.2, 0.25) is 5.91 Å². The second-order valence-corrected chi connectivity index (χ2v) is 8.25. The van der Waals surface area contributed by atoms with E-state index < -0.39 is 0 Å². The predicted octanol–water partition coefficient (Wildman–Crippen LogP) is 2.15. The lowest BCUT2D eigenvalue weighted by atomic mass is 9.94. The molecule has 3 fully saturated rings. The molecule has 8 nitrogen and oxygen atoms in total. The minimum Gasteiger partial charge on any atom is -0.342 e. The molecule has 0 aromatic carbocycles. The summed E-state index contributed by atoms with van der Waals surface area (Å²) in [5, 5.41) is 13.3. The zero-order valence-corrected chi connectivity index (χ0v) is 15.7. The van der Waals surface area contributed by atoms with Gasteiger partial charge in [-0.1, -0.05) is 12.8 Å². The van der Waals surface area contributed by atoms with Crippen LogP contribution in [0.15, 0.2) is 12.7 Å². The predicted molar refractivity (Wildman–Crippen MR) is 97.9 cm³/mol. The number of likely N-dealkylation sites (tertiary alicyclic amines) is 1. The van der Waals surface area contributed by atoms with Crippen molar-refractivity contribution in [3.8, 4) is 0 Å². The molecule has 2 saturated carbocycles. The molecule has 0 N–H and O–H groups in total. The van der Waals surface area contributed by atoms with Crippen molar-refractivity contribution in [3.63, 3.8) is 0 Å². The van der Waals surface area contributed by atoms with Crippen LogP contribution in [-0.2, 0) is 11.3 Å². The highest BCUT2D eigenvalue weighted by Gasteiger charge is 2.35. The molecule has 0 bridgehead atoms. The number of amides is 1. The summed E-state index contributed by atoms with van der Waals surface area (Å²) in [4.78, 5) is 18.8. The Labute approximate surface area is 159 Å². The van der Waals surface area contributed by atoms with Crippen LogP contribution in [-0.4, -0.2) is 53.4 Å². The molecule has 3 heterocycles. The Morgan fingerprint density at radius 3 is 2.48 bits per heavy atom. The molecule has 1 saturated heterocycles. The smallest absolute Gasteiger partial charge is 0.225 e. The van der Waals surface area contributed by atoms with Crippen molar-refractivity contribution in [3.05, 3.63) is 24.3 Å². The first-order valence-electron chi connectivity index (χ1n) is 10.3. The van der Waals surface area contributed by atoms with Crippen molar-refractivity contribution in [1.29, 1.82) is 0 Å². The van der Waals surface area contributed by atoms with E-state index in [0.29, 0.717) is 24.4 Å². The van der Waals surface area contributed by atoms with E-state index in [1.807, 2.05) is 0 Å². The van der Waals surface area contributed by atoms with Gasteiger partial charge < -0.3 is 9.47 Å². The van der Waals surface area contributed by atoms with Crippen molar-refractivity contribution in [2.75, 3.05) is 13.1 Å². The van der Waals surface area contributed by atoms with Crippen molar-refractivity contribution >= 4 is 5.91 Å². The Bertz CT molecular complexity index is 781.